The van der Waals surface area contributed by atoms with Crippen LogP contribution >= 0.6 is 0 Å². The number of fused-ring (bicyclic) bond motifs is 5. The van der Waals surface area contributed by atoms with Crippen molar-refractivity contribution in [2.24, 2.45) is 11.3 Å². The van der Waals surface area contributed by atoms with E-state index in [0.29, 0.717) is 6.42 Å². The molecule has 0 aromatic heterocycles. The Labute approximate surface area is 193 Å². The fraction of sp³-hybridized carbons (Fsp3) is 0.407. The van der Waals surface area contributed by atoms with Gasteiger partial charge in [0.25, 0.3) is 0 Å². The van der Waals surface area contributed by atoms with Crippen molar-refractivity contribution in [3.8, 4) is 5.75 Å². The molecule has 0 heterocycles. The number of hydroxylamine groups is 1. The van der Waals surface area contributed by atoms with E-state index in [4.69, 9.17) is 14.3 Å². The number of allylic oxidation sites excluding steroid dienone is 1. The Hall–Kier alpha value is -3.12. The molecule has 0 spiro atoms. The van der Waals surface area contributed by atoms with Crippen molar-refractivity contribution >= 4 is 11.9 Å². The lowest BCUT2D eigenvalue weighted by Crippen LogP contribution is -2.60. The van der Waals surface area contributed by atoms with Crippen molar-refractivity contribution in [2.75, 3.05) is 7.11 Å². The topological polar surface area (TPSA) is 73.9 Å². The van der Waals surface area contributed by atoms with Crippen LogP contribution < -0.4 is 10.2 Å². The molecule has 1 amide bonds. The van der Waals surface area contributed by atoms with Gasteiger partial charge in [0.2, 0.25) is 0 Å². The van der Waals surface area contributed by atoms with Gasteiger partial charge >= 0.3 is 6.09 Å². The third-order valence-electron chi connectivity index (χ3n) is 7.87. The number of ether oxygens (including phenoxy) is 2. The summed E-state index contributed by atoms with van der Waals surface area (Å²) in [6.45, 7) is 2.11. The molecule has 5 rings (SSSR count). The van der Waals surface area contributed by atoms with Gasteiger partial charge < -0.3 is 9.47 Å². The monoisotopic (exact) mass is 447 g/mol. The predicted octanol–water partition coefficient (Wildman–Crippen LogP) is 4.88. The second kappa shape index (κ2) is 8.34. The normalized spacial score (nSPS) is 29.6. The molecule has 33 heavy (non-hydrogen) atoms. The highest BCUT2D eigenvalue weighted by Crippen LogP contribution is 2.61. The summed E-state index contributed by atoms with van der Waals surface area (Å²) in [4.78, 5) is 31.6. The number of aryl methyl sites for hydroxylation is 1. The fourth-order valence-electron chi connectivity index (χ4n) is 6.04. The number of nitrogens with one attached hydrogen (secondary N) is 1. The lowest BCUT2D eigenvalue weighted by Gasteiger charge is -2.54. The van der Waals surface area contributed by atoms with Gasteiger partial charge in [0.05, 0.1) is 12.5 Å². The largest absolute Gasteiger partial charge is 0.497 e. The van der Waals surface area contributed by atoms with E-state index in [2.05, 4.69) is 17.6 Å². The molecule has 0 unspecified atom stereocenters. The average molecular weight is 448 g/mol. The Morgan fingerprint density at radius 2 is 1.97 bits per heavy atom. The first-order valence-corrected chi connectivity index (χ1v) is 11.5. The van der Waals surface area contributed by atoms with Crippen molar-refractivity contribution in [1.82, 2.24) is 5.48 Å². The molecule has 2 aromatic rings. The van der Waals surface area contributed by atoms with Crippen molar-refractivity contribution in [1.29, 1.82) is 0 Å². The smallest absolute Gasteiger partial charge is 0.431 e. The molecule has 0 aliphatic heterocycles. The van der Waals surface area contributed by atoms with Crippen LogP contribution in [-0.2, 0) is 27.4 Å². The number of carbonyl (C=O) groups is 2. The number of hydrogen-bond donors (Lipinski definition) is 1. The first-order chi connectivity index (χ1) is 16.0. The van der Waals surface area contributed by atoms with Crippen LogP contribution in [0.2, 0.25) is 0 Å². The quantitative estimate of drug-likeness (QED) is 0.662. The zero-order chi connectivity index (χ0) is 23.1. The standard InChI is InChI=1S/C27H29NO5/c1-26-14-12-22-21-10-9-20(31-2)16-19(21)8-11-23(22)27(26,15-13-24(26)29)33-28-25(30)32-17-18-6-4-3-5-7-18/h3-7,9-10,13,15-16,22-23H,8,11-12,14,17H2,1-2H3,(H,28,30)/t22-,23-,26-,27+/m1/s1. The minimum Gasteiger partial charge on any atom is -0.497 e. The number of hydrogen-bond acceptors (Lipinski definition) is 5. The lowest BCUT2D eigenvalue weighted by molar-refractivity contribution is -0.188. The van der Waals surface area contributed by atoms with E-state index in [1.807, 2.05) is 49.4 Å². The molecule has 6 heteroatoms. The second-order valence-corrected chi connectivity index (χ2v) is 9.44. The number of ketones is 1. The number of rotatable bonds is 5. The summed E-state index contributed by atoms with van der Waals surface area (Å²) in [5.41, 5.74) is 4.37. The maximum Gasteiger partial charge on any atom is 0.431 e. The number of carbonyl (C=O) groups excluding carboxylic acids is 2. The molecule has 2 aromatic carbocycles. The van der Waals surface area contributed by atoms with Gasteiger partial charge in [-0.15, -0.1) is 0 Å². The predicted molar refractivity (Wildman–Crippen MR) is 123 cm³/mol. The molecule has 3 aliphatic rings. The Bertz CT molecular complexity index is 1100. The van der Waals surface area contributed by atoms with Crippen molar-refractivity contribution < 1.29 is 23.9 Å². The average Bonchev–Trinajstić information content (AvgIpc) is 3.12. The molecule has 4 atom stereocenters. The van der Waals surface area contributed by atoms with Crippen LogP contribution in [0.25, 0.3) is 0 Å². The van der Waals surface area contributed by atoms with Gasteiger partial charge in [-0.05, 0) is 79.5 Å². The summed E-state index contributed by atoms with van der Waals surface area (Å²) >= 11 is 0. The molecule has 172 valence electrons. The Balaban J connectivity index is 1.38. The highest BCUT2D eigenvalue weighted by atomic mass is 16.7. The summed E-state index contributed by atoms with van der Waals surface area (Å²) in [5, 5.41) is 0. The summed E-state index contributed by atoms with van der Waals surface area (Å²) < 4.78 is 10.8. The maximum atomic E-state index is 13.0. The molecule has 1 fully saturated rings. The summed E-state index contributed by atoms with van der Waals surface area (Å²) in [7, 11) is 1.68. The molecule has 1 saturated carbocycles. The molecule has 3 aliphatic carbocycles. The highest BCUT2D eigenvalue weighted by Gasteiger charge is 2.64. The van der Waals surface area contributed by atoms with Crippen LogP contribution in [0.3, 0.4) is 0 Å². The van der Waals surface area contributed by atoms with Gasteiger partial charge in [-0.2, -0.15) is 5.48 Å². The van der Waals surface area contributed by atoms with Gasteiger partial charge in [0, 0.05) is 5.92 Å². The molecule has 6 nitrogen and oxygen atoms in total. The molecular weight excluding hydrogens is 418 g/mol. The molecule has 0 radical (unpaired) electrons. The number of benzene rings is 2. The third-order valence-corrected chi connectivity index (χ3v) is 7.87. The summed E-state index contributed by atoms with van der Waals surface area (Å²) in [6.07, 6.45) is 6.16. The van der Waals surface area contributed by atoms with Crippen molar-refractivity contribution in [3.05, 3.63) is 77.4 Å². The SMILES string of the molecule is COc1ccc2c(c1)CC[C@@H]1[C@@H]2CC[C@]2(C)C(=O)C=C[C@]12ONC(=O)OCc1ccccc1. The van der Waals surface area contributed by atoms with Gasteiger partial charge in [-0.25, -0.2) is 4.79 Å². The van der Waals surface area contributed by atoms with Gasteiger partial charge in [0.15, 0.2) is 5.78 Å². The first-order valence-electron chi connectivity index (χ1n) is 11.5. The van der Waals surface area contributed by atoms with Crippen LogP contribution in [0.15, 0.2) is 60.7 Å². The number of methoxy groups -OCH3 is 1. The molecular formula is C27H29NO5. The van der Waals surface area contributed by atoms with E-state index in [1.165, 1.54) is 11.1 Å². The molecule has 0 bridgehead atoms. The van der Waals surface area contributed by atoms with Crippen LogP contribution in [0, 0.1) is 11.3 Å². The zero-order valence-corrected chi connectivity index (χ0v) is 19.0. The van der Waals surface area contributed by atoms with Crippen molar-refractivity contribution in [2.45, 2.75) is 50.7 Å². The molecule has 1 N–H and O–H groups in total. The summed E-state index contributed by atoms with van der Waals surface area (Å²) in [6, 6.07) is 15.7. The Morgan fingerprint density at radius 1 is 1.15 bits per heavy atom. The van der Waals surface area contributed by atoms with Gasteiger partial charge in [-0.1, -0.05) is 36.4 Å². The highest BCUT2D eigenvalue weighted by molar-refractivity contribution is 5.99. The lowest BCUT2D eigenvalue weighted by atomic mass is 9.53. The Morgan fingerprint density at radius 3 is 2.76 bits per heavy atom. The van der Waals surface area contributed by atoms with Crippen LogP contribution in [0.5, 0.6) is 5.75 Å². The fourth-order valence-corrected chi connectivity index (χ4v) is 6.04. The van der Waals surface area contributed by atoms with E-state index in [0.717, 1.165) is 30.6 Å². The first kappa shape index (κ1) is 21.7. The van der Waals surface area contributed by atoms with Crippen LogP contribution in [-0.4, -0.2) is 24.6 Å². The van der Waals surface area contributed by atoms with E-state index in [1.54, 1.807) is 13.2 Å². The van der Waals surface area contributed by atoms with Crippen LogP contribution in [0.1, 0.15) is 48.8 Å². The zero-order valence-electron chi connectivity index (χ0n) is 19.0. The summed E-state index contributed by atoms with van der Waals surface area (Å²) in [5.74, 6) is 1.22. The van der Waals surface area contributed by atoms with Crippen LogP contribution in [0.4, 0.5) is 4.79 Å². The van der Waals surface area contributed by atoms with Crippen molar-refractivity contribution in [3.63, 3.8) is 0 Å². The Kier molecular flexibility index (Phi) is 5.49. The molecule has 0 saturated heterocycles. The minimum absolute atomic E-state index is 0.0564. The van der Waals surface area contributed by atoms with E-state index in [9.17, 15) is 9.59 Å². The third kappa shape index (κ3) is 3.53. The minimum atomic E-state index is -0.906. The number of amides is 1. The maximum absolute atomic E-state index is 13.0. The van der Waals surface area contributed by atoms with E-state index >= 15 is 0 Å². The van der Waals surface area contributed by atoms with Gasteiger partial charge in [-0.3, -0.25) is 9.63 Å². The van der Waals surface area contributed by atoms with E-state index < -0.39 is 17.1 Å². The second-order valence-electron chi connectivity index (χ2n) is 9.44. The van der Waals surface area contributed by atoms with E-state index in [-0.39, 0.29) is 24.2 Å². The van der Waals surface area contributed by atoms with Gasteiger partial charge in [0.1, 0.15) is 18.0 Å².